The van der Waals surface area contributed by atoms with Crippen molar-refractivity contribution < 1.29 is 14.3 Å². The summed E-state index contributed by atoms with van der Waals surface area (Å²) in [4.78, 5) is 23.5. The van der Waals surface area contributed by atoms with E-state index in [1.165, 1.54) is 7.11 Å². The number of methoxy groups -OCH3 is 1. The fraction of sp³-hybridized carbons (Fsp3) is 0.867. The zero-order valence-electron chi connectivity index (χ0n) is 13.4. The summed E-state index contributed by atoms with van der Waals surface area (Å²) in [6, 6.07) is -0.556. The third kappa shape index (κ3) is 7.85. The number of nitrogens with one attached hydrogen (secondary N) is 1. The zero-order valence-corrected chi connectivity index (χ0v) is 13.4. The summed E-state index contributed by atoms with van der Waals surface area (Å²) in [6.07, 6.45) is 1.42. The Kier molecular flexibility index (Phi) is 7.09. The smallest absolute Gasteiger partial charge is 0.328 e. The van der Waals surface area contributed by atoms with E-state index in [1.54, 1.807) is 0 Å². The largest absolute Gasteiger partial charge is 0.467 e. The Morgan fingerprint density at radius 3 is 2.05 bits per heavy atom. The number of amides is 1. The Morgan fingerprint density at radius 1 is 1.16 bits per heavy atom. The summed E-state index contributed by atoms with van der Waals surface area (Å²) in [6.45, 7) is 12.3. The lowest BCUT2D eigenvalue weighted by molar-refractivity contribution is -0.146. The molecule has 4 heteroatoms. The van der Waals surface area contributed by atoms with Gasteiger partial charge in [-0.05, 0) is 23.7 Å². The molecule has 2 unspecified atom stereocenters. The van der Waals surface area contributed by atoms with E-state index in [0.29, 0.717) is 12.3 Å². The Bertz CT molecular complexity index is 305. The predicted octanol–water partition coefficient (Wildman–Crippen LogP) is 2.76. The summed E-state index contributed by atoms with van der Waals surface area (Å²) in [5.41, 5.74) is 0.208. The molecule has 2 atom stereocenters. The number of rotatable bonds is 6. The molecule has 1 N–H and O–H groups in total. The van der Waals surface area contributed by atoms with Crippen LogP contribution in [0.2, 0.25) is 0 Å². The molecule has 0 aromatic heterocycles. The van der Waals surface area contributed by atoms with Gasteiger partial charge in [-0.15, -0.1) is 0 Å². The lowest BCUT2D eigenvalue weighted by Crippen LogP contribution is -2.45. The van der Waals surface area contributed by atoms with Crippen molar-refractivity contribution in [2.24, 2.45) is 17.3 Å². The molecule has 0 aromatic carbocycles. The molecule has 1 amide bonds. The second-order valence-electron chi connectivity index (χ2n) is 6.89. The number of hydrogen-bond acceptors (Lipinski definition) is 3. The number of ether oxygens (including phenoxy) is 1. The SMILES string of the molecule is COC(=O)C(NC(=O)CC(C)CC(C)(C)C)C(C)C. The Balaban J connectivity index is 4.39. The number of carbonyl (C=O) groups excluding carboxylic acids is 2. The second kappa shape index (κ2) is 7.51. The van der Waals surface area contributed by atoms with Crippen molar-refractivity contribution in [3.05, 3.63) is 0 Å². The van der Waals surface area contributed by atoms with Gasteiger partial charge in [-0.25, -0.2) is 4.79 Å². The van der Waals surface area contributed by atoms with Crippen LogP contribution < -0.4 is 5.32 Å². The highest BCUT2D eigenvalue weighted by atomic mass is 16.5. The number of hydrogen-bond donors (Lipinski definition) is 1. The molecule has 0 radical (unpaired) electrons. The van der Waals surface area contributed by atoms with Crippen LogP contribution >= 0.6 is 0 Å². The van der Waals surface area contributed by atoms with Gasteiger partial charge in [0, 0.05) is 6.42 Å². The van der Waals surface area contributed by atoms with E-state index in [1.807, 2.05) is 13.8 Å². The van der Waals surface area contributed by atoms with Gasteiger partial charge in [0.05, 0.1) is 7.11 Å². The Labute approximate surface area is 117 Å². The minimum Gasteiger partial charge on any atom is -0.467 e. The van der Waals surface area contributed by atoms with Crippen LogP contribution in [0.1, 0.15) is 54.4 Å². The Morgan fingerprint density at radius 2 is 1.68 bits per heavy atom. The van der Waals surface area contributed by atoms with Gasteiger partial charge in [0.25, 0.3) is 0 Å². The first kappa shape index (κ1) is 17.9. The maximum absolute atomic E-state index is 12.0. The average Bonchev–Trinajstić information content (AvgIpc) is 2.21. The number of carbonyl (C=O) groups is 2. The highest BCUT2D eigenvalue weighted by Gasteiger charge is 2.26. The summed E-state index contributed by atoms with van der Waals surface area (Å²) in [5.74, 6) is -0.146. The van der Waals surface area contributed by atoms with Crippen molar-refractivity contribution in [1.82, 2.24) is 5.32 Å². The molecule has 0 aliphatic rings. The van der Waals surface area contributed by atoms with Crippen LogP contribution in [0.5, 0.6) is 0 Å². The van der Waals surface area contributed by atoms with E-state index < -0.39 is 6.04 Å². The van der Waals surface area contributed by atoms with Crippen LogP contribution in [0, 0.1) is 17.3 Å². The van der Waals surface area contributed by atoms with Gasteiger partial charge in [0.2, 0.25) is 5.91 Å². The number of esters is 1. The molecule has 0 aromatic rings. The molecule has 0 saturated carbocycles. The molecule has 0 heterocycles. The van der Waals surface area contributed by atoms with Crippen molar-refractivity contribution in [3.8, 4) is 0 Å². The molecule has 0 fully saturated rings. The molecule has 0 aliphatic heterocycles. The third-order valence-corrected chi connectivity index (χ3v) is 2.93. The van der Waals surface area contributed by atoms with E-state index in [2.05, 4.69) is 33.0 Å². The van der Waals surface area contributed by atoms with Crippen molar-refractivity contribution in [1.29, 1.82) is 0 Å². The molecule has 0 saturated heterocycles. The van der Waals surface area contributed by atoms with Crippen LogP contribution in [-0.4, -0.2) is 25.0 Å². The van der Waals surface area contributed by atoms with Crippen LogP contribution in [0.4, 0.5) is 0 Å². The highest BCUT2D eigenvalue weighted by Crippen LogP contribution is 2.25. The molecule has 112 valence electrons. The Hall–Kier alpha value is -1.06. The van der Waals surface area contributed by atoms with Gasteiger partial charge in [-0.2, -0.15) is 0 Å². The first-order valence-corrected chi connectivity index (χ1v) is 6.94. The predicted molar refractivity (Wildman–Crippen MR) is 76.6 cm³/mol. The highest BCUT2D eigenvalue weighted by molar-refractivity contribution is 5.84. The minimum atomic E-state index is -0.556. The van der Waals surface area contributed by atoms with Gasteiger partial charge >= 0.3 is 5.97 Å². The second-order valence-corrected chi connectivity index (χ2v) is 6.89. The maximum atomic E-state index is 12.0. The van der Waals surface area contributed by atoms with E-state index in [4.69, 9.17) is 4.74 Å². The molecule has 0 rings (SSSR count). The molecule has 0 bridgehead atoms. The van der Waals surface area contributed by atoms with Gasteiger partial charge in [0.1, 0.15) is 6.04 Å². The zero-order chi connectivity index (χ0) is 15.2. The standard InChI is InChI=1S/C15H29NO3/c1-10(2)13(14(18)19-7)16-12(17)8-11(3)9-15(4,5)6/h10-11,13H,8-9H2,1-7H3,(H,16,17). The van der Waals surface area contributed by atoms with Crippen LogP contribution in [-0.2, 0) is 14.3 Å². The topological polar surface area (TPSA) is 55.4 Å². The van der Waals surface area contributed by atoms with Crippen molar-refractivity contribution in [3.63, 3.8) is 0 Å². The van der Waals surface area contributed by atoms with Crippen LogP contribution in [0.15, 0.2) is 0 Å². The lowest BCUT2D eigenvalue weighted by atomic mass is 9.84. The summed E-state index contributed by atoms with van der Waals surface area (Å²) in [7, 11) is 1.34. The third-order valence-electron chi connectivity index (χ3n) is 2.93. The summed E-state index contributed by atoms with van der Waals surface area (Å²) >= 11 is 0. The van der Waals surface area contributed by atoms with Gasteiger partial charge in [-0.1, -0.05) is 41.5 Å². The summed E-state index contributed by atoms with van der Waals surface area (Å²) in [5, 5.41) is 2.77. The normalized spacial score (nSPS) is 14.9. The average molecular weight is 271 g/mol. The summed E-state index contributed by atoms with van der Waals surface area (Å²) < 4.78 is 4.71. The van der Waals surface area contributed by atoms with Crippen molar-refractivity contribution >= 4 is 11.9 Å². The van der Waals surface area contributed by atoms with E-state index in [0.717, 1.165) is 6.42 Å². The van der Waals surface area contributed by atoms with E-state index >= 15 is 0 Å². The van der Waals surface area contributed by atoms with Gasteiger partial charge in [-0.3, -0.25) is 4.79 Å². The fourth-order valence-corrected chi connectivity index (χ4v) is 2.29. The van der Waals surface area contributed by atoms with Crippen molar-refractivity contribution in [2.75, 3.05) is 7.11 Å². The lowest BCUT2D eigenvalue weighted by Gasteiger charge is -2.24. The van der Waals surface area contributed by atoms with E-state index in [-0.39, 0.29) is 23.2 Å². The molecule has 4 nitrogen and oxygen atoms in total. The fourth-order valence-electron chi connectivity index (χ4n) is 2.29. The first-order chi connectivity index (χ1) is 8.56. The van der Waals surface area contributed by atoms with E-state index in [9.17, 15) is 9.59 Å². The van der Waals surface area contributed by atoms with Crippen LogP contribution in [0.25, 0.3) is 0 Å². The monoisotopic (exact) mass is 271 g/mol. The molecule has 19 heavy (non-hydrogen) atoms. The van der Waals surface area contributed by atoms with Gasteiger partial charge < -0.3 is 10.1 Å². The van der Waals surface area contributed by atoms with Crippen LogP contribution in [0.3, 0.4) is 0 Å². The van der Waals surface area contributed by atoms with Crippen molar-refractivity contribution in [2.45, 2.75) is 60.4 Å². The quantitative estimate of drug-likeness (QED) is 0.756. The first-order valence-electron chi connectivity index (χ1n) is 6.94. The minimum absolute atomic E-state index is 0.0225. The molecule has 0 spiro atoms. The maximum Gasteiger partial charge on any atom is 0.328 e. The van der Waals surface area contributed by atoms with Gasteiger partial charge in [0.15, 0.2) is 0 Å². The molecular formula is C15H29NO3. The molecule has 0 aliphatic carbocycles. The molecular weight excluding hydrogens is 242 g/mol.